The molecule has 1 rings (SSSR count). The van der Waals surface area contributed by atoms with Crippen LogP contribution in [0.4, 0.5) is 0 Å². The highest BCUT2D eigenvalue weighted by atomic mass is 16.5. The molecule has 0 unspecified atom stereocenters. The van der Waals surface area contributed by atoms with Crippen molar-refractivity contribution in [1.29, 1.82) is 0 Å². The smallest absolute Gasteiger partial charge is 0.0590 e. The van der Waals surface area contributed by atoms with Gasteiger partial charge in [0.05, 0.1) is 12.3 Å². The van der Waals surface area contributed by atoms with Crippen LogP contribution < -0.4 is 5.32 Å². The van der Waals surface area contributed by atoms with Gasteiger partial charge in [-0.05, 0) is 25.5 Å². The predicted octanol–water partition coefficient (Wildman–Crippen LogP) is 1.52. The van der Waals surface area contributed by atoms with Crippen molar-refractivity contribution in [3.05, 3.63) is 29.6 Å². The molecule has 1 aromatic heterocycles. The summed E-state index contributed by atoms with van der Waals surface area (Å²) in [5.41, 5.74) is 2.35. The minimum absolute atomic E-state index is 0.766. The topological polar surface area (TPSA) is 34.1 Å². The molecule has 0 aliphatic carbocycles. The van der Waals surface area contributed by atoms with Gasteiger partial charge in [-0.2, -0.15) is 0 Å². The number of pyridine rings is 1. The van der Waals surface area contributed by atoms with Crippen molar-refractivity contribution in [2.24, 2.45) is 0 Å². The highest BCUT2D eigenvalue weighted by molar-refractivity contribution is 5.17. The summed E-state index contributed by atoms with van der Waals surface area (Å²) in [5, 5.41) is 3.29. The van der Waals surface area contributed by atoms with Crippen molar-refractivity contribution in [2.45, 2.75) is 20.4 Å². The number of ether oxygens (including phenoxy) is 1. The fraction of sp³-hybridized carbons (Fsp3) is 0.545. The van der Waals surface area contributed by atoms with E-state index in [1.807, 2.05) is 19.2 Å². The maximum Gasteiger partial charge on any atom is 0.0590 e. The van der Waals surface area contributed by atoms with Crippen molar-refractivity contribution in [2.75, 3.05) is 19.8 Å². The minimum Gasteiger partial charge on any atom is -0.380 e. The first-order valence-corrected chi connectivity index (χ1v) is 5.03. The van der Waals surface area contributed by atoms with Gasteiger partial charge >= 0.3 is 0 Å². The Kier molecular flexibility index (Phi) is 5.19. The highest BCUT2D eigenvalue weighted by Crippen LogP contribution is 2.01. The van der Waals surface area contributed by atoms with Crippen LogP contribution in [0.2, 0.25) is 0 Å². The molecule has 0 aliphatic heterocycles. The average molecular weight is 194 g/mol. The molecule has 0 radical (unpaired) electrons. The normalized spacial score (nSPS) is 10.4. The van der Waals surface area contributed by atoms with E-state index < -0.39 is 0 Å². The van der Waals surface area contributed by atoms with Crippen molar-refractivity contribution < 1.29 is 4.74 Å². The molecule has 0 saturated heterocycles. The van der Waals surface area contributed by atoms with E-state index in [0.717, 1.165) is 32.0 Å². The zero-order chi connectivity index (χ0) is 10.2. The van der Waals surface area contributed by atoms with Gasteiger partial charge in [0, 0.05) is 25.9 Å². The number of hydrogen-bond donors (Lipinski definition) is 1. The lowest BCUT2D eigenvalue weighted by molar-refractivity contribution is 0.149. The quantitative estimate of drug-likeness (QED) is 0.697. The SMILES string of the molecule is CCOCCNCc1ncccc1C. The maximum absolute atomic E-state index is 5.22. The molecule has 0 fully saturated rings. The standard InChI is InChI=1S/C11H18N2O/c1-3-14-8-7-12-9-11-10(2)5-4-6-13-11/h4-6,12H,3,7-9H2,1-2H3. The third-order valence-electron chi connectivity index (χ3n) is 2.04. The Morgan fingerprint density at radius 2 is 2.36 bits per heavy atom. The van der Waals surface area contributed by atoms with Crippen LogP contribution >= 0.6 is 0 Å². The van der Waals surface area contributed by atoms with E-state index in [0.29, 0.717) is 0 Å². The first-order valence-electron chi connectivity index (χ1n) is 5.03. The van der Waals surface area contributed by atoms with Crippen molar-refractivity contribution in [3.8, 4) is 0 Å². The fourth-order valence-corrected chi connectivity index (χ4v) is 1.20. The third kappa shape index (κ3) is 3.85. The Morgan fingerprint density at radius 1 is 1.50 bits per heavy atom. The molecular formula is C11H18N2O. The van der Waals surface area contributed by atoms with Crippen molar-refractivity contribution >= 4 is 0 Å². The van der Waals surface area contributed by atoms with Crippen molar-refractivity contribution in [3.63, 3.8) is 0 Å². The second-order valence-corrected chi connectivity index (χ2v) is 3.14. The molecule has 0 saturated carbocycles. The van der Waals surface area contributed by atoms with Crippen LogP contribution in [-0.4, -0.2) is 24.7 Å². The molecular weight excluding hydrogens is 176 g/mol. The first kappa shape index (κ1) is 11.1. The molecule has 0 spiro atoms. The van der Waals surface area contributed by atoms with Gasteiger partial charge in [0.1, 0.15) is 0 Å². The largest absolute Gasteiger partial charge is 0.380 e. The molecule has 0 amide bonds. The molecule has 14 heavy (non-hydrogen) atoms. The molecule has 1 heterocycles. The minimum atomic E-state index is 0.766. The number of aryl methyl sites for hydroxylation is 1. The number of nitrogens with one attached hydrogen (secondary N) is 1. The second kappa shape index (κ2) is 6.51. The lowest BCUT2D eigenvalue weighted by Gasteiger charge is -2.06. The van der Waals surface area contributed by atoms with Gasteiger partial charge in [0.2, 0.25) is 0 Å². The van der Waals surface area contributed by atoms with Crippen LogP contribution in [0.5, 0.6) is 0 Å². The summed E-state index contributed by atoms with van der Waals surface area (Å²) in [6.07, 6.45) is 1.83. The van der Waals surface area contributed by atoms with Gasteiger partial charge < -0.3 is 10.1 Å². The van der Waals surface area contributed by atoms with Crippen molar-refractivity contribution in [1.82, 2.24) is 10.3 Å². The molecule has 0 atom stereocenters. The summed E-state index contributed by atoms with van der Waals surface area (Å²) >= 11 is 0. The van der Waals surface area contributed by atoms with E-state index in [9.17, 15) is 0 Å². The summed E-state index contributed by atoms with van der Waals surface area (Å²) in [6, 6.07) is 4.03. The van der Waals surface area contributed by atoms with Crippen LogP contribution in [0.15, 0.2) is 18.3 Å². The zero-order valence-electron chi connectivity index (χ0n) is 8.92. The number of aromatic nitrogens is 1. The number of rotatable bonds is 6. The summed E-state index contributed by atoms with van der Waals surface area (Å²) < 4.78 is 5.22. The van der Waals surface area contributed by atoms with Crippen LogP contribution in [0.1, 0.15) is 18.2 Å². The molecule has 0 aromatic carbocycles. The monoisotopic (exact) mass is 194 g/mol. The van der Waals surface area contributed by atoms with Gasteiger partial charge in [-0.25, -0.2) is 0 Å². The summed E-state index contributed by atoms with van der Waals surface area (Å²) in [7, 11) is 0. The van der Waals surface area contributed by atoms with Crippen LogP contribution in [0.3, 0.4) is 0 Å². The molecule has 3 heteroatoms. The van der Waals surface area contributed by atoms with E-state index in [-0.39, 0.29) is 0 Å². The maximum atomic E-state index is 5.22. The third-order valence-corrected chi connectivity index (χ3v) is 2.04. The average Bonchev–Trinajstić information content (AvgIpc) is 2.20. The van der Waals surface area contributed by atoms with Gasteiger partial charge in [-0.1, -0.05) is 6.07 Å². The van der Waals surface area contributed by atoms with Crippen LogP contribution in [-0.2, 0) is 11.3 Å². The van der Waals surface area contributed by atoms with Crippen LogP contribution in [0, 0.1) is 6.92 Å². The molecule has 3 nitrogen and oxygen atoms in total. The molecule has 0 bridgehead atoms. The Hall–Kier alpha value is -0.930. The lowest BCUT2D eigenvalue weighted by atomic mass is 10.2. The van der Waals surface area contributed by atoms with Gasteiger partial charge in [-0.3, -0.25) is 4.98 Å². The molecule has 78 valence electrons. The molecule has 1 N–H and O–H groups in total. The molecule has 1 aromatic rings. The first-order chi connectivity index (χ1) is 6.84. The van der Waals surface area contributed by atoms with E-state index in [1.165, 1.54) is 5.56 Å². The van der Waals surface area contributed by atoms with E-state index in [4.69, 9.17) is 4.74 Å². The molecule has 0 aliphatic rings. The Labute approximate surface area is 85.5 Å². The summed E-state index contributed by atoms with van der Waals surface area (Å²) in [4.78, 5) is 4.29. The van der Waals surface area contributed by atoms with E-state index >= 15 is 0 Å². The predicted molar refractivity (Wildman–Crippen MR) is 57.2 cm³/mol. The van der Waals surface area contributed by atoms with E-state index in [1.54, 1.807) is 0 Å². The lowest BCUT2D eigenvalue weighted by Crippen LogP contribution is -2.20. The van der Waals surface area contributed by atoms with Gasteiger partial charge in [0.15, 0.2) is 0 Å². The second-order valence-electron chi connectivity index (χ2n) is 3.14. The number of hydrogen-bond acceptors (Lipinski definition) is 3. The summed E-state index contributed by atoms with van der Waals surface area (Å²) in [6.45, 7) is 7.33. The van der Waals surface area contributed by atoms with Gasteiger partial charge in [-0.15, -0.1) is 0 Å². The Bertz CT molecular complexity index is 263. The van der Waals surface area contributed by atoms with Crippen LogP contribution in [0.25, 0.3) is 0 Å². The fourth-order valence-electron chi connectivity index (χ4n) is 1.20. The van der Waals surface area contributed by atoms with E-state index in [2.05, 4.69) is 23.3 Å². The highest BCUT2D eigenvalue weighted by Gasteiger charge is 1.96. The Balaban J connectivity index is 2.21. The zero-order valence-corrected chi connectivity index (χ0v) is 8.92. The summed E-state index contributed by atoms with van der Waals surface area (Å²) in [5.74, 6) is 0. The Morgan fingerprint density at radius 3 is 3.07 bits per heavy atom. The number of nitrogens with zero attached hydrogens (tertiary/aromatic N) is 1. The van der Waals surface area contributed by atoms with Gasteiger partial charge in [0.25, 0.3) is 0 Å².